The lowest BCUT2D eigenvalue weighted by atomic mass is 10.0. The van der Waals surface area contributed by atoms with E-state index in [0.717, 1.165) is 12.1 Å². The summed E-state index contributed by atoms with van der Waals surface area (Å²) < 4.78 is 5.75. The molecular formula is C22H29N3O2. The van der Waals surface area contributed by atoms with E-state index in [1.165, 1.54) is 11.1 Å². The van der Waals surface area contributed by atoms with E-state index in [4.69, 9.17) is 4.74 Å². The van der Waals surface area contributed by atoms with Gasteiger partial charge in [0.25, 0.3) is 0 Å². The first-order chi connectivity index (χ1) is 13.0. The predicted molar refractivity (Wildman–Crippen MR) is 109 cm³/mol. The number of hydrogen-bond acceptors (Lipinski definition) is 3. The maximum Gasteiger partial charge on any atom is 0.318 e. The van der Waals surface area contributed by atoms with Gasteiger partial charge in [0.2, 0.25) is 0 Å². The minimum atomic E-state index is -0.0440. The number of amides is 2. The van der Waals surface area contributed by atoms with E-state index in [2.05, 4.69) is 46.6 Å². The average Bonchev–Trinajstić information content (AvgIpc) is 2.68. The average molecular weight is 367 g/mol. The molecule has 5 heteroatoms. The van der Waals surface area contributed by atoms with Gasteiger partial charge in [-0.3, -0.25) is 0 Å². The Morgan fingerprint density at radius 1 is 1.15 bits per heavy atom. The van der Waals surface area contributed by atoms with Crippen molar-refractivity contribution in [2.24, 2.45) is 0 Å². The van der Waals surface area contributed by atoms with Gasteiger partial charge in [-0.25, -0.2) is 4.79 Å². The van der Waals surface area contributed by atoms with Gasteiger partial charge in [-0.1, -0.05) is 54.6 Å². The molecule has 1 N–H and O–H groups in total. The fourth-order valence-corrected chi connectivity index (χ4v) is 3.38. The Hall–Kier alpha value is -2.37. The highest BCUT2D eigenvalue weighted by molar-refractivity contribution is 5.75. The maximum atomic E-state index is 12.6. The van der Waals surface area contributed by atoms with E-state index in [-0.39, 0.29) is 18.2 Å². The lowest BCUT2D eigenvalue weighted by Gasteiger charge is -2.34. The van der Waals surface area contributed by atoms with Crippen LogP contribution in [0, 0.1) is 0 Å². The largest absolute Gasteiger partial charge is 0.373 e. The second kappa shape index (κ2) is 9.02. The van der Waals surface area contributed by atoms with Gasteiger partial charge in [0.05, 0.1) is 18.8 Å². The van der Waals surface area contributed by atoms with Crippen molar-refractivity contribution in [2.45, 2.75) is 19.1 Å². The molecular weight excluding hydrogens is 338 g/mol. The highest BCUT2D eigenvalue weighted by atomic mass is 16.5. The minimum absolute atomic E-state index is 0.0262. The Kier molecular flexibility index (Phi) is 6.48. The molecule has 144 valence electrons. The number of morpholine rings is 1. The summed E-state index contributed by atoms with van der Waals surface area (Å²) in [6.45, 7) is 4.69. The molecule has 0 aliphatic carbocycles. The van der Waals surface area contributed by atoms with Gasteiger partial charge in [0, 0.05) is 19.6 Å². The molecule has 0 aromatic heterocycles. The highest BCUT2D eigenvalue weighted by Crippen LogP contribution is 2.22. The van der Waals surface area contributed by atoms with Crippen molar-refractivity contribution in [3.05, 3.63) is 60.2 Å². The summed E-state index contributed by atoms with van der Waals surface area (Å²) in [5, 5.41) is 3.12. The van der Waals surface area contributed by atoms with Gasteiger partial charge in [-0.15, -0.1) is 0 Å². The van der Waals surface area contributed by atoms with Crippen molar-refractivity contribution in [1.29, 1.82) is 0 Å². The summed E-state index contributed by atoms with van der Waals surface area (Å²) in [6.07, 6.45) is 0.0694. The van der Waals surface area contributed by atoms with E-state index in [9.17, 15) is 4.79 Å². The molecule has 1 saturated heterocycles. The van der Waals surface area contributed by atoms with Crippen LogP contribution in [0.3, 0.4) is 0 Å². The predicted octanol–water partition coefficient (Wildman–Crippen LogP) is 3.39. The van der Waals surface area contributed by atoms with Crippen molar-refractivity contribution in [1.82, 2.24) is 15.1 Å². The van der Waals surface area contributed by atoms with Crippen LogP contribution in [-0.4, -0.2) is 62.3 Å². The van der Waals surface area contributed by atoms with Gasteiger partial charge >= 0.3 is 6.03 Å². The number of benzene rings is 2. The SMILES string of the molecule is CC(NC(=O)N1CCOC(CN(C)C)C1)c1ccc(-c2ccccc2)cc1. The summed E-state index contributed by atoms with van der Waals surface area (Å²) in [7, 11) is 4.03. The molecule has 1 aliphatic heterocycles. The first kappa shape index (κ1) is 19.4. The first-order valence-electron chi connectivity index (χ1n) is 9.50. The third kappa shape index (κ3) is 5.31. The second-order valence-electron chi connectivity index (χ2n) is 7.36. The molecule has 2 amide bonds. The van der Waals surface area contributed by atoms with Crippen LogP contribution in [0.2, 0.25) is 0 Å². The van der Waals surface area contributed by atoms with E-state index in [0.29, 0.717) is 19.7 Å². The zero-order valence-corrected chi connectivity index (χ0v) is 16.4. The highest BCUT2D eigenvalue weighted by Gasteiger charge is 2.25. The maximum absolute atomic E-state index is 12.6. The summed E-state index contributed by atoms with van der Waals surface area (Å²) in [5.41, 5.74) is 3.47. The zero-order valence-electron chi connectivity index (χ0n) is 16.4. The standard InChI is InChI=1S/C22H29N3O2/c1-17(18-9-11-20(12-10-18)19-7-5-4-6-8-19)23-22(26)25-13-14-27-21(16-25)15-24(2)3/h4-12,17,21H,13-16H2,1-3H3,(H,23,26). The molecule has 0 saturated carbocycles. The van der Waals surface area contributed by atoms with E-state index >= 15 is 0 Å². The van der Waals surface area contributed by atoms with Crippen molar-refractivity contribution >= 4 is 6.03 Å². The molecule has 1 heterocycles. The number of nitrogens with zero attached hydrogens (tertiary/aromatic N) is 2. The van der Waals surface area contributed by atoms with E-state index in [1.807, 2.05) is 44.1 Å². The van der Waals surface area contributed by atoms with Gasteiger partial charge in [-0.2, -0.15) is 0 Å². The molecule has 2 aromatic rings. The van der Waals surface area contributed by atoms with Crippen LogP contribution < -0.4 is 5.32 Å². The van der Waals surface area contributed by atoms with Gasteiger partial charge in [0.15, 0.2) is 0 Å². The summed E-state index contributed by atoms with van der Waals surface area (Å²) in [5.74, 6) is 0. The molecule has 0 radical (unpaired) electrons. The lowest BCUT2D eigenvalue weighted by molar-refractivity contribution is -0.0248. The molecule has 3 rings (SSSR count). The number of likely N-dealkylation sites (N-methyl/N-ethyl adjacent to an activating group) is 1. The summed E-state index contributed by atoms with van der Waals surface area (Å²) in [6, 6.07) is 18.6. The van der Waals surface area contributed by atoms with Gasteiger partial charge < -0.3 is 19.9 Å². The molecule has 27 heavy (non-hydrogen) atoms. The molecule has 2 unspecified atom stereocenters. The van der Waals surface area contributed by atoms with Crippen molar-refractivity contribution in [3.63, 3.8) is 0 Å². The summed E-state index contributed by atoms with van der Waals surface area (Å²) in [4.78, 5) is 16.6. The number of ether oxygens (including phenoxy) is 1. The number of carbonyl (C=O) groups excluding carboxylic acids is 1. The second-order valence-corrected chi connectivity index (χ2v) is 7.36. The number of urea groups is 1. The first-order valence-corrected chi connectivity index (χ1v) is 9.50. The van der Waals surface area contributed by atoms with Crippen LogP contribution in [0.5, 0.6) is 0 Å². The minimum Gasteiger partial charge on any atom is -0.373 e. The number of nitrogens with one attached hydrogen (secondary N) is 1. The number of hydrogen-bond donors (Lipinski definition) is 1. The Morgan fingerprint density at radius 2 is 1.81 bits per heavy atom. The Morgan fingerprint density at radius 3 is 2.48 bits per heavy atom. The Bertz CT molecular complexity index is 731. The van der Waals surface area contributed by atoms with Crippen LogP contribution in [0.1, 0.15) is 18.5 Å². The normalized spacial score (nSPS) is 18.4. The third-order valence-corrected chi connectivity index (χ3v) is 4.85. The molecule has 2 atom stereocenters. The molecule has 2 aromatic carbocycles. The van der Waals surface area contributed by atoms with Crippen molar-refractivity contribution < 1.29 is 9.53 Å². The Labute approximate surface area is 161 Å². The van der Waals surface area contributed by atoms with Crippen LogP contribution in [-0.2, 0) is 4.74 Å². The number of rotatable bonds is 5. The smallest absolute Gasteiger partial charge is 0.318 e. The third-order valence-electron chi connectivity index (χ3n) is 4.85. The van der Waals surface area contributed by atoms with Crippen LogP contribution in [0.15, 0.2) is 54.6 Å². The van der Waals surface area contributed by atoms with Gasteiger partial charge in [0.1, 0.15) is 0 Å². The summed E-state index contributed by atoms with van der Waals surface area (Å²) >= 11 is 0. The van der Waals surface area contributed by atoms with E-state index in [1.54, 1.807) is 0 Å². The lowest BCUT2D eigenvalue weighted by Crippen LogP contribution is -2.52. The van der Waals surface area contributed by atoms with Crippen LogP contribution in [0.4, 0.5) is 4.79 Å². The molecule has 0 spiro atoms. The number of carbonyl (C=O) groups is 1. The van der Waals surface area contributed by atoms with Gasteiger partial charge in [-0.05, 0) is 37.7 Å². The van der Waals surface area contributed by atoms with Crippen molar-refractivity contribution in [3.8, 4) is 11.1 Å². The fourth-order valence-electron chi connectivity index (χ4n) is 3.38. The monoisotopic (exact) mass is 367 g/mol. The molecule has 0 bridgehead atoms. The van der Waals surface area contributed by atoms with E-state index < -0.39 is 0 Å². The van der Waals surface area contributed by atoms with Crippen LogP contribution in [0.25, 0.3) is 11.1 Å². The molecule has 1 fully saturated rings. The Balaban J connectivity index is 1.58. The van der Waals surface area contributed by atoms with Crippen molar-refractivity contribution in [2.75, 3.05) is 40.3 Å². The zero-order chi connectivity index (χ0) is 19.2. The molecule has 1 aliphatic rings. The molecule has 5 nitrogen and oxygen atoms in total. The quantitative estimate of drug-likeness (QED) is 0.881. The van der Waals surface area contributed by atoms with Crippen LogP contribution >= 0.6 is 0 Å². The fraction of sp³-hybridized carbons (Fsp3) is 0.409. The topological polar surface area (TPSA) is 44.8 Å².